The molecule has 7 nitrogen and oxygen atoms in total. The number of fused-ring (bicyclic) bond motifs is 5. The number of rotatable bonds is 2. The molecule has 0 radical (unpaired) electrons. The molecule has 1 aliphatic heterocycles. The van der Waals surface area contributed by atoms with Gasteiger partial charge < -0.3 is 14.6 Å². The Hall–Kier alpha value is -3.06. The lowest BCUT2D eigenvalue weighted by Crippen LogP contribution is -2.43. The number of ketones is 1. The molecule has 7 heteroatoms. The zero-order valence-electron chi connectivity index (χ0n) is 16.7. The van der Waals surface area contributed by atoms with Crippen LogP contribution in [0.2, 0.25) is 0 Å². The number of Topliss-reactive ketones (excluding diaryl/α,β-unsaturated/α-hetero) is 1. The molecule has 0 aromatic carbocycles. The van der Waals surface area contributed by atoms with Gasteiger partial charge in [0.05, 0.1) is 23.4 Å². The van der Waals surface area contributed by atoms with Crippen LogP contribution in [0.25, 0.3) is 22.3 Å². The monoisotopic (exact) mass is 390 g/mol. The van der Waals surface area contributed by atoms with Gasteiger partial charge in [0.1, 0.15) is 11.4 Å². The molecule has 2 aliphatic rings. The fourth-order valence-corrected chi connectivity index (χ4v) is 4.63. The maximum Gasteiger partial charge on any atom is 0.254 e. The Labute approximate surface area is 167 Å². The van der Waals surface area contributed by atoms with Crippen molar-refractivity contribution in [1.29, 1.82) is 0 Å². The number of nitrogens with zero attached hydrogens (tertiary/aromatic N) is 4. The van der Waals surface area contributed by atoms with Gasteiger partial charge in [0.2, 0.25) is 0 Å². The van der Waals surface area contributed by atoms with Crippen LogP contribution in [-0.4, -0.2) is 39.5 Å². The summed E-state index contributed by atoms with van der Waals surface area (Å²) in [7, 11) is 3.87. The molecule has 5 rings (SSSR count). The molecule has 0 fully saturated rings. The summed E-state index contributed by atoms with van der Waals surface area (Å²) < 4.78 is 1.71. The number of carbonyl (C=O) groups excluding carboxylic acids is 1. The Morgan fingerprint density at radius 2 is 2.03 bits per heavy atom. The van der Waals surface area contributed by atoms with Gasteiger partial charge in [0.25, 0.3) is 5.56 Å². The third-order valence-corrected chi connectivity index (χ3v) is 6.22. The molecular weight excluding hydrogens is 368 g/mol. The van der Waals surface area contributed by atoms with Crippen molar-refractivity contribution in [2.24, 2.45) is 0 Å². The van der Waals surface area contributed by atoms with Crippen LogP contribution in [-0.2, 0) is 23.4 Å². The first kappa shape index (κ1) is 18.0. The molecule has 0 spiro atoms. The van der Waals surface area contributed by atoms with Crippen molar-refractivity contribution in [2.45, 2.75) is 38.3 Å². The maximum absolute atomic E-state index is 13.2. The van der Waals surface area contributed by atoms with Gasteiger partial charge in [-0.25, -0.2) is 9.97 Å². The van der Waals surface area contributed by atoms with Crippen molar-refractivity contribution in [2.75, 3.05) is 19.0 Å². The Bertz CT molecular complexity index is 1260. The minimum atomic E-state index is -1.59. The summed E-state index contributed by atoms with van der Waals surface area (Å²) in [6, 6.07) is 5.70. The van der Waals surface area contributed by atoms with Gasteiger partial charge in [-0.2, -0.15) is 0 Å². The standard InChI is InChI=1S/C22H22N4O3/c1-4-22(29)15-10-17-19-12(11-26(17)21(28)13(15)5-6-18(22)27)9-14-16(24-19)7-8-23-20(14)25(2)3/h7-10,29H,4-6,11H2,1-3H3/t22-/m0/s1. The van der Waals surface area contributed by atoms with Crippen molar-refractivity contribution < 1.29 is 9.90 Å². The van der Waals surface area contributed by atoms with Crippen molar-refractivity contribution in [3.8, 4) is 11.4 Å². The van der Waals surface area contributed by atoms with E-state index in [0.29, 0.717) is 29.8 Å². The van der Waals surface area contributed by atoms with Crippen molar-refractivity contribution in [3.05, 3.63) is 51.4 Å². The van der Waals surface area contributed by atoms with Crippen LogP contribution >= 0.6 is 0 Å². The molecule has 1 atom stereocenters. The quantitative estimate of drug-likeness (QED) is 0.563. The summed E-state index contributed by atoms with van der Waals surface area (Å²) in [4.78, 5) is 36.9. The Morgan fingerprint density at radius 1 is 1.24 bits per heavy atom. The average Bonchev–Trinajstić information content (AvgIpc) is 3.07. The first-order valence-electron chi connectivity index (χ1n) is 9.84. The molecule has 0 unspecified atom stereocenters. The maximum atomic E-state index is 13.2. The highest BCUT2D eigenvalue weighted by molar-refractivity contribution is 5.93. The molecule has 0 amide bonds. The number of hydrogen-bond acceptors (Lipinski definition) is 6. The van der Waals surface area contributed by atoms with Gasteiger partial charge in [-0.1, -0.05) is 6.92 Å². The minimum absolute atomic E-state index is 0.134. The van der Waals surface area contributed by atoms with Gasteiger partial charge in [0.15, 0.2) is 5.78 Å². The highest BCUT2D eigenvalue weighted by Gasteiger charge is 2.43. The average molecular weight is 390 g/mol. The van der Waals surface area contributed by atoms with E-state index in [1.54, 1.807) is 23.8 Å². The number of pyridine rings is 3. The molecular formula is C22H22N4O3. The van der Waals surface area contributed by atoms with Gasteiger partial charge in [-0.05, 0) is 31.0 Å². The van der Waals surface area contributed by atoms with E-state index in [1.807, 2.05) is 31.1 Å². The topological polar surface area (TPSA) is 88.3 Å². The Balaban J connectivity index is 1.78. The number of anilines is 1. The van der Waals surface area contributed by atoms with Crippen molar-refractivity contribution >= 4 is 22.5 Å². The smallest absolute Gasteiger partial charge is 0.254 e. The highest BCUT2D eigenvalue weighted by atomic mass is 16.3. The summed E-state index contributed by atoms with van der Waals surface area (Å²) in [5.74, 6) is 0.606. The fourth-order valence-electron chi connectivity index (χ4n) is 4.63. The lowest BCUT2D eigenvalue weighted by atomic mass is 9.77. The van der Waals surface area contributed by atoms with Crippen molar-refractivity contribution in [1.82, 2.24) is 14.5 Å². The van der Waals surface area contributed by atoms with Gasteiger partial charge in [0, 0.05) is 48.8 Å². The molecule has 0 saturated heterocycles. The summed E-state index contributed by atoms with van der Waals surface area (Å²) in [5.41, 5.74) is 2.40. The third kappa shape index (κ3) is 2.34. The molecule has 0 bridgehead atoms. The van der Waals surface area contributed by atoms with E-state index in [2.05, 4.69) is 4.98 Å². The number of hydrogen-bond donors (Lipinski definition) is 1. The van der Waals surface area contributed by atoms with Gasteiger partial charge in [-0.3, -0.25) is 9.59 Å². The normalized spacial score (nSPS) is 19.8. The number of aromatic nitrogens is 3. The van der Waals surface area contributed by atoms with E-state index >= 15 is 0 Å². The number of aliphatic hydroxyl groups is 1. The largest absolute Gasteiger partial charge is 0.377 e. The minimum Gasteiger partial charge on any atom is -0.377 e. The van der Waals surface area contributed by atoms with Gasteiger partial charge >= 0.3 is 0 Å². The van der Waals surface area contributed by atoms with Crippen LogP contribution in [0.15, 0.2) is 29.2 Å². The molecule has 0 saturated carbocycles. The zero-order chi connectivity index (χ0) is 20.5. The number of carbonyl (C=O) groups is 1. The van der Waals surface area contributed by atoms with Crippen molar-refractivity contribution in [3.63, 3.8) is 0 Å². The summed E-state index contributed by atoms with van der Waals surface area (Å²) in [5, 5.41) is 12.0. The highest BCUT2D eigenvalue weighted by Crippen LogP contribution is 2.39. The first-order valence-corrected chi connectivity index (χ1v) is 9.84. The molecule has 3 aromatic rings. The second kappa shape index (κ2) is 5.97. The molecule has 29 heavy (non-hydrogen) atoms. The van der Waals surface area contributed by atoms with E-state index in [4.69, 9.17) is 4.98 Å². The summed E-state index contributed by atoms with van der Waals surface area (Å²) >= 11 is 0. The Morgan fingerprint density at radius 3 is 2.76 bits per heavy atom. The summed E-state index contributed by atoms with van der Waals surface area (Å²) in [6.07, 6.45) is 2.53. The van der Waals surface area contributed by atoms with Crippen LogP contribution in [0.4, 0.5) is 5.82 Å². The van der Waals surface area contributed by atoms with Crippen LogP contribution in [0, 0.1) is 0 Å². The molecule has 1 aliphatic carbocycles. The lowest BCUT2D eigenvalue weighted by molar-refractivity contribution is -0.140. The van der Waals surface area contributed by atoms with E-state index in [1.165, 1.54) is 0 Å². The van der Waals surface area contributed by atoms with E-state index in [9.17, 15) is 14.7 Å². The molecule has 4 heterocycles. The van der Waals surface area contributed by atoms with E-state index in [0.717, 1.165) is 28.0 Å². The Kier molecular flexibility index (Phi) is 3.70. The van der Waals surface area contributed by atoms with Crippen LogP contribution in [0.3, 0.4) is 0 Å². The van der Waals surface area contributed by atoms with Crippen LogP contribution < -0.4 is 10.5 Å². The zero-order valence-corrected chi connectivity index (χ0v) is 16.7. The summed E-state index contributed by atoms with van der Waals surface area (Å²) in [6.45, 7) is 2.20. The lowest BCUT2D eigenvalue weighted by Gasteiger charge is -2.32. The second-order valence-corrected chi connectivity index (χ2v) is 8.04. The van der Waals surface area contributed by atoms with E-state index < -0.39 is 5.60 Å². The molecule has 148 valence electrons. The van der Waals surface area contributed by atoms with E-state index in [-0.39, 0.29) is 24.2 Å². The van der Waals surface area contributed by atoms with Crippen LogP contribution in [0.5, 0.6) is 0 Å². The fraction of sp³-hybridized carbons (Fsp3) is 0.364. The SMILES string of the molecule is CC[C@@]1(O)C(=O)CCc2c1cc1n(c2=O)Cc2cc3c(N(C)C)nccc3nc2-1. The third-order valence-electron chi connectivity index (χ3n) is 6.22. The van der Waals surface area contributed by atoms with Crippen LogP contribution in [0.1, 0.15) is 36.5 Å². The predicted octanol–water partition coefficient (Wildman–Crippen LogP) is 2.00. The predicted molar refractivity (Wildman–Crippen MR) is 110 cm³/mol. The molecule has 3 aromatic heterocycles. The first-order chi connectivity index (χ1) is 13.8. The van der Waals surface area contributed by atoms with Gasteiger partial charge in [-0.15, -0.1) is 0 Å². The second-order valence-electron chi connectivity index (χ2n) is 8.04. The molecule has 1 N–H and O–H groups in total.